The Labute approximate surface area is 158 Å². The molecule has 1 aliphatic carbocycles. The van der Waals surface area contributed by atoms with Gasteiger partial charge in [-0.1, -0.05) is 42.6 Å². The van der Waals surface area contributed by atoms with Crippen molar-refractivity contribution in [3.63, 3.8) is 0 Å². The van der Waals surface area contributed by atoms with Crippen LogP contribution in [0.1, 0.15) is 43.4 Å². The molecule has 140 valence electrons. The molecule has 0 aliphatic heterocycles. The van der Waals surface area contributed by atoms with Gasteiger partial charge in [0.1, 0.15) is 11.5 Å². The molecule has 5 heteroatoms. The van der Waals surface area contributed by atoms with Crippen LogP contribution in [-0.2, 0) is 11.2 Å². The van der Waals surface area contributed by atoms with Crippen LogP contribution in [0.5, 0.6) is 11.5 Å². The number of esters is 1. The fraction of sp³-hybridized carbons (Fsp3) is 0.364. The van der Waals surface area contributed by atoms with Gasteiger partial charge >= 0.3 is 5.97 Å². The maximum atomic E-state index is 12.3. The van der Waals surface area contributed by atoms with Gasteiger partial charge in [-0.25, -0.2) is 0 Å². The molecule has 27 heavy (non-hydrogen) atoms. The molecule has 0 bridgehead atoms. The minimum absolute atomic E-state index is 0.0188. The van der Waals surface area contributed by atoms with Crippen molar-refractivity contribution in [2.45, 2.75) is 38.5 Å². The van der Waals surface area contributed by atoms with E-state index in [4.69, 9.17) is 14.0 Å². The normalized spacial score (nSPS) is 15.0. The van der Waals surface area contributed by atoms with Gasteiger partial charge in [-0.2, -0.15) is 0 Å². The highest BCUT2D eigenvalue weighted by atomic mass is 16.5. The highest BCUT2D eigenvalue weighted by Crippen LogP contribution is 2.29. The predicted octanol–water partition coefficient (Wildman–Crippen LogP) is 4.91. The molecule has 1 fully saturated rings. The molecule has 0 amide bonds. The number of methoxy groups -OCH3 is 1. The largest absolute Gasteiger partial charge is 0.496 e. The number of carbonyl (C=O) groups excluding carboxylic acids is 1. The first-order valence-electron chi connectivity index (χ1n) is 9.46. The number of hydrogen-bond acceptors (Lipinski definition) is 5. The van der Waals surface area contributed by atoms with E-state index >= 15 is 0 Å². The number of aromatic nitrogens is 1. The van der Waals surface area contributed by atoms with Crippen molar-refractivity contribution in [2.75, 3.05) is 7.11 Å². The summed E-state index contributed by atoms with van der Waals surface area (Å²) in [6.45, 7) is 0. The fourth-order valence-electron chi connectivity index (χ4n) is 3.73. The Hall–Kier alpha value is -2.82. The Morgan fingerprint density at radius 3 is 2.78 bits per heavy atom. The topological polar surface area (TPSA) is 61.6 Å². The van der Waals surface area contributed by atoms with Crippen molar-refractivity contribution in [3.8, 4) is 11.5 Å². The van der Waals surface area contributed by atoms with E-state index in [1.54, 1.807) is 13.2 Å². The number of nitrogens with zero attached hydrogens (tertiary/aromatic N) is 1. The quantitative estimate of drug-likeness (QED) is 0.475. The van der Waals surface area contributed by atoms with Gasteiger partial charge in [0.15, 0.2) is 5.58 Å². The van der Waals surface area contributed by atoms with E-state index in [9.17, 15) is 4.79 Å². The van der Waals surface area contributed by atoms with E-state index in [0.717, 1.165) is 48.1 Å². The van der Waals surface area contributed by atoms with Crippen molar-refractivity contribution in [1.82, 2.24) is 5.16 Å². The molecule has 3 aromatic rings. The van der Waals surface area contributed by atoms with E-state index < -0.39 is 0 Å². The van der Waals surface area contributed by atoms with Gasteiger partial charge < -0.3 is 14.0 Å². The summed E-state index contributed by atoms with van der Waals surface area (Å²) < 4.78 is 16.5. The van der Waals surface area contributed by atoms with Crippen LogP contribution in [-0.4, -0.2) is 18.2 Å². The third-order valence-corrected chi connectivity index (χ3v) is 5.23. The Morgan fingerprint density at radius 1 is 1.15 bits per heavy atom. The Kier molecular flexibility index (Phi) is 5.10. The molecule has 0 atom stereocenters. The van der Waals surface area contributed by atoms with E-state index in [1.165, 1.54) is 6.42 Å². The molecule has 1 aliphatic rings. The molecule has 1 saturated carbocycles. The monoisotopic (exact) mass is 365 g/mol. The van der Waals surface area contributed by atoms with Gasteiger partial charge in [0, 0.05) is 23.4 Å². The molecule has 1 heterocycles. The third kappa shape index (κ3) is 3.82. The molecule has 4 rings (SSSR count). The molecular weight excluding hydrogens is 342 g/mol. The van der Waals surface area contributed by atoms with Gasteiger partial charge in [0.05, 0.1) is 18.7 Å². The summed E-state index contributed by atoms with van der Waals surface area (Å²) >= 11 is 0. The Morgan fingerprint density at radius 2 is 1.96 bits per heavy atom. The van der Waals surface area contributed by atoms with E-state index in [2.05, 4.69) is 5.16 Å². The smallest absolute Gasteiger partial charge is 0.314 e. The lowest BCUT2D eigenvalue weighted by Crippen LogP contribution is -2.22. The van der Waals surface area contributed by atoms with Crippen molar-refractivity contribution in [1.29, 1.82) is 0 Å². The number of benzene rings is 2. The van der Waals surface area contributed by atoms with Crippen LogP contribution in [0.15, 0.2) is 47.0 Å². The minimum atomic E-state index is -0.136. The zero-order chi connectivity index (χ0) is 18.6. The van der Waals surface area contributed by atoms with Crippen LogP contribution in [0.2, 0.25) is 0 Å². The summed E-state index contributed by atoms with van der Waals surface area (Å²) in [5.41, 5.74) is 2.50. The minimum Gasteiger partial charge on any atom is -0.496 e. The molecular formula is C22H23NO4. The SMILES string of the molecule is COc1ccccc1Cc1noc2cc(OC(=O)C3CCCCC3)ccc12. The first-order valence-corrected chi connectivity index (χ1v) is 9.46. The maximum Gasteiger partial charge on any atom is 0.314 e. The molecule has 0 saturated heterocycles. The number of hydrogen-bond donors (Lipinski definition) is 0. The fourth-order valence-corrected chi connectivity index (χ4v) is 3.73. The van der Waals surface area contributed by atoms with Gasteiger partial charge in [-0.3, -0.25) is 4.79 Å². The average molecular weight is 365 g/mol. The van der Waals surface area contributed by atoms with Crippen LogP contribution >= 0.6 is 0 Å². The number of carbonyl (C=O) groups is 1. The lowest BCUT2D eigenvalue weighted by molar-refractivity contribution is -0.139. The summed E-state index contributed by atoms with van der Waals surface area (Å²) in [6, 6.07) is 13.3. The highest BCUT2D eigenvalue weighted by Gasteiger charge is 2.23. The van der Waals surface area contributed by atoms with Crippen molar-refractivity contribution >= 4 is 16.9 Å². The molecule has 0 unspecified atom stereocenters. The third-order valence-electron chi connectivity index (χ3n) is 5.23. The summed E-state index contributed by atoms with van der Waals surface area (Å²) in [6.07, 6.45) is 5.88. The van der Waals surface area contributed by atoms with Gasteiger partial charge in [0.2, 0.25) is 0 Å². The number of fused-ring (bicyclic) bond motifs is 1. The lowest BCUT2D eigenvalue weighted by Gasteiger charge is -2.19. The summed E-state index contributed by atoms with van der Waals surface area (Å²) in [7, 11) is 1.66. The highest BCUT2D eigenvalue weighted by molar-refractivity contribution is 5.83. The Bertz CT molecular complexity index is 940. The number of para-hydroxylation sites is 1. The maximum absolute atomic E-state index is 12.3. The van der Waals surface area contributed by atoms with Gasteiger partial charge in [0.25, 0.3) is 0 Å². The van der Waals surface area contributed by atoms with Crippen molar-refractivity contribution in [3.05, 3.63) is 53.7 Å². The number of ether oxygens (including phenoxy) is 2. The second-order valence-corrected chi connectivity index (χ2v) is 7.03. The first kappa shape index (κ1) is 17.6. The van der Waals surface area contributed by atoms with Gasteiger partial charge in [-0.15, -0.1) is 0 Å². The predicted molar refractivity (Wildman–Crippen MR) is 102 cm³/mol. The van der Waals surface area contributed by atoms with Crippen LogP contribution < -0.4 is 9.47 Å². The lowest BCUT2D eigenvalue weighted by atomic mass is 9.89. The average Bonchev–Trinajstić information content (AvgIpc) is 3.11. The first-order chi connectivity index (χ1) is 13.2. The van der Waals surface area contributed by atoms with Crippen LogP contribution in [0.25, 0.3) is 11.0 Å². The van der Waals surface area contributed by atoms with Gasteiger partial charge in [-0.05, 0) is 31.0 Å². The molecule has 5 nitrogen and oxygen atoms in total. The second-order valence-electron chi connectivity index (χ2n) is 7.03. The zero-order valence-corrected chi connectivity index (χ0v) is 15.4. The van der Waals surface area contributed by atoms with Crippen molar-refractivity contribution < 1.29 is 18.8 Å². The summed E-state index contributed by atoms with van der Waals surface area (Å²) in [5, 5.41) is 5.12. The standard InChI is InChI=1S/C22H23NO4/c1-25-20-10-6-5-9-16(20)13-19-18-12-11-17(14-21(18)27-23-19)26-22(24)15-7-3-2-4-8-15/h5-6,9-12,14-15H,2-4,7-8,13H2,1H3. The van der Waals surface area contributed by atoms with E-state index in [1.807, 2.05) is 36.4 Å². The molecule has 0 N–H and O–H groups in total. The van der Waals surface area contributed by atoms with Crippen LogP contribution in [0, 0.1) is 5.92 Å². The summed E-state index contributed by atoms with van der Waals surface area (Å²) in [5.74, 6) is 1.22. The van der Waals surface area contributed by atoms with Crippen molar-refractivity contribution in [2.24, 2.45) is 5.92 Å². The zero-order valence-electron chi connectivity index (χ0n) is 15.4. The molecule has 1 aromatic heterocycles. The van der Waals surface area contributed by atoms with E-state index in [0.29, 0.717) is 17.8 Å². The summed E-state index contributed by atoms with van der Waals surface area (Å²) in [4.78, 5) is 12.3. The molecule has 0 radical (unpaired) electrons. The van der Waals surface area contributed by atoms with Crippen LogP contribution in [0.4, 0.5) is 0 Å². The molecule has 0 spiro atoms. The second kappa shape index (κ2) is 7.82. The Balaban J connectivity index is 1.52. The number of rotatable bonds is 5. The molecule has 2 aromatic carbocycles. The van der Waals surface area contributed by atoms with E-state index in [-0.39, 0.29) is 11.9 Å². The van der Waals surface area contributed by atoms with Crippen LogP contribution in [0.3, 0.4) is 0 Å².